The average Bonchev–Trinajstić information content (AvgIpc) is 3.08. The fraction of sp³-hybridized carbons (Fsp3) is 0.833. The first kappa shape index (κ1) is 12.4. The van der Waals surface area contributed by atoms with Crippen LogP contribution in [0, 0.1) is 0 Å². The minimum atomic E-state index is -0.0535. The van der Waals surface area contributed by atoms with Crippen molar-refractivity contribution in [2.75, 3.05) is 26.7 Å². The van der Waals surface area contributed by atoms with Crippen molar-refractivity contribution in [3.05, 3.63) is 0 Å². The van der Waals surface area contributed by atoms with Gasteiger partial charge in [-0.05, 0) is 26.2 Å². The average molecular weight is 239 g/mol. The molecule has 1 atom stereocenters. The zero-order chi connectivity index (χ0) is 12.4. The highest BCUT2D eigenvalue weighted by molar-refractivity contribution is 5.89. The molecule has 0 radical (unpaired) electrons. The molecule has 2 rings (SSSR count). The standard InChI is InChI=1S/C12H21N3O2/c1-3-14(2)11(16)8-15-7-6-10(12(15)17)13-9-4-5-9/h9-10,13H,3-8H2,1-2H3. The van der Waals surface area contributed by atoms with E-state index in [2.05, 4.69) is 5.32 Å². The van der Waals surface area contributed by atoms with Crippen LogP contribution in [0.25, 0.3) is 0 Å². The van der Waals surface area contributed by atoms with E-state index in [1.165, 1.54) is 12.8 Å². The first-order chi connectivity index (χ1) is 8.11. The van der Waals surface area contributed by atoms with E-state index in [0.29, 0.717) is 19.1 Å². The van der Waals surface area contributed by atoms with Gasteiger partial charge in [-0.3, -0.25) is 9.59 Å². The molecule has 1 aliphatic carbocycles. The Labute approximate surface area is 102 Å². The molecule has 0 bridgehead atoms. The van der Waals surface area contributed by atoms with Gasteiger partial charge in [-0.25, -0.2) is 0 Å². The Kier molecular flexibility index (Phi) is 3.66. The Morgan fingerprint density at radius 1 is 1.47 bits per heavy atom. The Balaban J connectivity index is 1.82. The largest absolute Gasteiger partial charge is 0.345 e. The van der Waals surface area contributed by atoms with Gasteiger partial charge in [0.25, 0.3) is 0 Å². The zero-order valence-corrected chi connectivity index (χ0v) is 10.6. The molecule has 17 heavy (non-hydrogen) atoms. The van der Waals surface area contributed by atoms with Crippen molar-refractivity contribution >= 4 is 11.8 Å². The molecular weight excluding hydrogens is 218 g/mol. The molecule has 2 amide bonds. The summed E-state index contributed by atoms with van der Waals surface area (Å²) in [4.78, 5) is 27.1. The Bertz CT molecular complexity index is 315. The third-order valence-corrected chi connectivity index (χ3v) is 3.54. The summed E-state index contributed by atoms with van der Waals surface area (Å²) < 4.78 is 0. The van der Waals surface area contributed by atoms with Crippen molar-refractivity contribution in [3.8, 4) is 0 Å². The number of nitrogens with zero attached hydrogens (tertiary/aromatic N) is 2. The van der Waals surface area contributed by atoms with Crippen molar-refractivity contribution < 1.29 is 9.59 Å². The second-order valence-electron chi connectivity index (χ2n) is 4.95. The zero-order valence-electron chi connectivity index (χ0n) is 10.6. The van der Waals surface area contributed by atoms with Gasteiger partial charge in [-0.2, -0.15) is 0 Å². The molecule has 0 aromatic heterocycles. The molecule has 1 aliphatic heterocycles. The topological polar surface area (TPSA) is 52.7 Å². The predicted octanol–water partition coefficient (Wildman–Crippen LogP) is -0.182. The van der Waals surface area contributed by atoms with Crippen molar-refractivity contribution in [2.45, 2.75) is 38.3 Å². The highest BCUT2D eigenvalue weighted by Gasteiger charge is 2.36. The van der Waals surface area contributed by atoms with Gasteiger partial charge in [-0.15, -0.1) is 0 Å². The molecule has 0 aromatic rings. The lowest BCUT2D eigenvalue weighted by molar-refractivity contribution is -0.138. The number of likely N-dealkylation sites (N-methyl/N-ethyl adjacent to an activating group) is 1. The maximum absolute atomic E-state index is 12.0. The second kappa shape index (κ2) is 5.04. The van der Waals surface area contributed by atoms with Gasteiger partial charge in [0.1, 0.15) is 0 Å². The lowest BCUT2D eigenvalue weighted by Crippen LogP contribution is -2.43. The van der Waals surface area contributed by atoms with E-state index < -0.39 is 0 Å². The summed E-state index contributed by atoms with van der Waals surface area (Å²) in [5, 5.41) is 3.33. The smallest absolute Gasteiger partial charge is 0.241 e. The SMILES string of the molecule is CCN(C)C(=O)CN1CCC(NC2CC2)C1=O. The Morgan fingerprint density at radius 2 is 2.18 bits per heavy atom. The summed E-state index contributed by atoms with van der Waals surface area (Å²) in [6.07, 6.45) is 3.20. The van der Waals surface area contributed by atoms with Crippen molar-refractivity contribution in [1.29, 1.82) is 0 Å². The van der Waals surface area contributed by atoms with Crippen LogP contribution in [0.2, 0.25) is 0 Å². The number of hydrogen-bond acceptors (Lipinski definition) is 3. The van der Waals surface area contributed by atoms with Gasteiger partial charge >= 0.3 is 0 Å². The molecule has 96 valence electrons. The van der Waals surface area contributed by atoms with Crippen molar-refractivity contribution in [2.24, 2.45) is 0 Å². The monoisotopic (exact) mass is 239 g/mol. The highest BCUT2D eigenvalue weighted by Crippen LogP contribution is 2.22. The molecule has 2 aliphatic rings. The van der Waals surface area contributed by atoms with Crippen molar-refractivity contribution in [3.63, 3.8) is 0 Å². The van der Waals surface area contributed by atoms with Crippen molar-refractivity contribution in [1.82, 2.24) is 15.1 Å². The maximum atomic E-state index is 12.0. The number of rotatable bonds is 5. The molecule has 1 saturated carbocycles. The molecule has 1 N–H and O–H groups in total. The van der Waals surface area contributed by atoms with Gasteiger partial charge in [0.2, 0.25) is 11.8 Å². The fourth-order valence-electron chi connectivity index (χ4n) is 2.05. The van der Waals surface area contributed by atoms with Gasteiger partial charge in [0, 0.05) is 26.2 Å². The van der Waals surface area contributed by atoms with Crippen LogP contribution in [0.5, 0.6) is 0 Å². The summed E-state index contributed by atoms with van der Waals surface area (Å²) >= 11 is 0. The van der Waals surface area contributed by atoms with Crippen LogP contribution >= 0.6 is 0 Å². The van der Waals surface area contributed by atoms with Gasteiger partial charge in [0.15, 0.2) is 0 Å². The number of amides is 2. The first-order valence-corrected chi connectivity index (χ1v) is 6.40. The van der Waals surface area contributed by atoms with E-state index >= 15 is 0 Å². The van der Waals surface area contributed by atoms with E-state index in [-0.39, 0.29) is 24.4 Å². The Morgan fingerprint density at radius 3 is 2.76 bits per heavy atom. The van der Waals surface area contributed by atoms with E-state index in [1.807, 2.05) is 6.92 Å². The van der Waals surface area contributed by atoms with Crippen LogP contribution in [-0.4, -0.2) is 60.4 Å². The normalized spacial score (nSPS) is 24.2. The maximum Gasteiger partial charge on any atom is 0.241 e. The third-order valence-electron chi connectivity index (χ3n) is 3.54. The lowest BCUT2D eigenvalue weighted by atomic mass is 10.2. The minimum Gasteiger partial charge on any atom is -0.345 e. The fourth-order valence-corrected chi connectivity index (χ4v) is 2.05. The molecule has 1 unspecified atom stereocenters. The van der Waals surface area contributed by atoms with Crippen LogP contribution in [0.15, 0.2) is 0 Å². The van der Waals surface area contributed by atoms with E-state index in [0.717, 1.165) is 6.42 Å². The summed E-state index contributed by atoms with van der Waals surface area (Å²) in [7, 11) is 1.77. The number of carbonyl (C=O) groups is 2. The first-order valence-electron chi connectivity index (χ1n) is 6.40. The molecule has 1 heterocycles. The molecule has 0 spiro atoms. The van der Waals surface area contributed by atoms with Gasteiger partial charge in [-0.1, -0.05) is 0 Å². The van der Waals surface area contributed by atoms with Crippen LogP contribution in [0.1, 0.15) is 26.2 Å². The lowest BCUT2D eigenvalue weighted by Gasteiger charge is -2.20. The molecule has 0 aromatic carbocycles. The van der Waals surface area contributed by atoms with Gasteiger partial charge in [0.05, 0.1) is 12.6 Å². The van der Waals surface area contributed by atoms with E-state index in [1.54, 1.807) is 16.8 Å². The second-order valence-corrected chi connectivity index (χ2v) is 4.95. The number of likely N-dealkylation sites (tertiary alicyclic amines) is 1. The molecule has 2 fully saturated rings. The van der Waals surface area contributed by atoms with Crippen LogP contribution in [-0.2, 0) is 9.59 Å². The van der Waals surface area contributed by atoms with Gasteiger partial charge < -0.3 is 15.1 Å². The molecule has 5 heteroatoms. The highest BCUT2D eigenvalue weighted by atomic mass is 16.2. The predicted molar refractivity (Wildman–Crippen MR) is 64.5 cm³/mol. The number of hydrogen-bond donors (Lipinski definition) is 1. The molecular formula is C12H21N3O2. The summed E-state index contributed by atoms with van der Waals surface area (Å²) in [6.45, 7) is 3.55. The Hall–Kier alpha value is -1.10. The van der Waals surface area contributed by atoms with Crippen LogP contribution < -0.4 is 5.32 Å². The van der Waals surface area contributed by atoms with Crippen LogP contribution in [0.3, 0.4) is 0 Å². The summed E-state index contributed by atoms with van der Waals surface area (Å²) in [5.41, 5.74) is 0. The summed E-state index contributed by atoms with van der Waals surface area (Å²) in [5.74, 6) is 0.114. The minimum absolute atomic E-state index is 0.0212. The molecule has 5 nitrogen and oxygen atoms in total. The van der Waals surface area contributed by atoms with Crippen LogP contribution in [0.4, 0.5) is 0 Å². The van der Waals surface area contributed by atoms with E-state index in [9.17, 15) is 9.59 Å². The summed E-state index contributed by atoms with van der Waals surface area (Å²) in [6, 6.07) is 0.486. The third kappa shape index (κ3) is 2.97. The molecule has 1 saturated heterocycles. The number of carbonyl (C=O) groups excluding carboxylic acids is 2. The number of nitrogens with one attached hydrogen (secondary N) is 1. The quantitative estimate of drug-likeness (QED) is 0.724. The van der Waals surface area contributed by atoms with E-state index in [4.69, 9.17) is 0 Å².